The van der Waals surface area contributed by atoms with Crippen molar-refractivity contribution >= 4 is 23.5 Å². The first-order chi connectivity index (χ1) is 9.90. The summed E-state index contributed by atoms with van der Waals surface area (Å²) in [6.07, 6.45) is 2.21. The van der Waals surface area contributed by atoms with Gasteiger partial charge in [-0.05, 0) is 30.3 Å². The summed E-state index contributed by atoms with van der Waals surface area (Å²) in [5, 5.41) is 8.96. The summed E-state index contributed by atoms with van der Waals surface area (Å²) < 4.78 is 37.5. The summed E-state index contributed by atoms with van der Waals surface area (Å²) in [6, 6.07) is 5.59. The van der Waals surface area contributed by atoms with Crippen molar-refractivity contribution in [3.05, 3.63) is 41.6 Å². The molecule has 0 saturated carbocycles. The summed E-state index contributed by atoms with van der Waals surface area (Å²) in [7, 11) is 0. The molecule has 112 valence electrons. The number of benzene rings is 1. The summed E-state index contributed by atoms with van der Waals surface area (Å²) >= 11 is -0.308. The minimum Gasteiger partial charge on any atom is -0.307 e. The van der Waals surface area contributed by atoms with Crippen molar-refractivity contribution < 1.29 is 18.0 Å². The van der Waals surface area contributed by atoms with Crippen LogP contribution in [0.25, 0.3) is 0 Å². The largest absolute Gasteiger partial charge is 0.446 e. The van der Waals surface area contributed by atoms with Gasteiger partial charge in [0.2, 0.25) is 0 Å². The van der Waals surface area contributed by atoms with E-state index in [-0.39, 0.29) is 22.2 Å². The Morgan fingerprint density at radius 2 is 2.10 bits per heavy atom. The van der Waals surface area contributed by atoms with Gasteiger partial charge in [0.15, 0.2) is 0 Å². The third-order valence-corrected chi connectivity index (χ3v) is 3.50. The number of carbonyl (C=O) groups excluding carboxylic acids is 1. The number of carbonyl (C=O) groups is 1. The van der Waals surface area contributed by atoms with E-state index in [4.69, 9.17) is 0 Å². The molecule has 1 amide bonds. The second-order valence-corrected chi connectivity index (χ2v) is 5.23. The highest BCUT2D eigenvalue weighted by Crippen LogP contribution is 2.38. The lowest BCUT2D eigenvalue weighted by Gasteiger charge is -2.11. The first-order valence-electron chi connectivity index (χ1n) is 6.09. The maximum atomic E-state index is 12.5. The fraction of sp³-hybridized carbons (Fsp3) is 0.231. The standard InChI is InChI=1S/C13H12F3N3OS/c1-2-8-7-17-19-11(8)18-12(20)9-5-3-4-6-10(9)21-13(14,15)16/h3-7H,2H2,1H3,(H2,17,18,19,20). The van der Waals surface area contributed by atoms with Crippen molar-refractivity contribution in [3.8, 4) is 0 Å². The zero-order valence-corrected chi connectivity index (χ0v) is 11.8. The molecule has 0 aliphatic carbocycles. The Bertz CT molecular complexity index is 640. The molecule has 0 unspecified atom stereocenters. The third kappa shape index (κ3) is 4.01. The molecule has 0 aliphatic heterocycles. The molecular formula is C13H12F3N3OS. The maximum Gasteiger partial charge on any atom is 0.446 e. The van der Waals surface area contributed by atoms with E-state index in [0.29, 0.717) is 12.2 Å². The highest BCUT2D eigenvalue weighted by molar-refractivity contribution is 8.00. The number of aromatic amines is 1. The van der Waals surface area contributed by atoms with Gasteiger partial charge in [-0.2, -0.15) is 18.3 Å². The van der Waals surface area contributed by atoms with Crippen molar-refractivity contribution in [2.24, 2.45) is 0 Å². The van der Waals surface area contributed by atoms with Gasteiger partial charge in [-0.25, -0.2) is 0 Å². The Morgan fingerprint density at radius 1 is 1.38 bits per heavy atom. The highest BCUT2D eigenvalue weighted by Gasteiger charge is 2.31. The van der Waals surface area contributed by atoms with Crippen molar-refractivity contribution in [1.29, 1.82) is 0 Å². The first kappa shape index (κ1) is 15.4. The molecule has 0 bridgehead atoms. The number of anilines is 1. The average molecular weight is 315 g/mol. The molecule has 1 aromatic carbocycles. The SMILES string of the molecule is CCc1cn[nH]c1NC(=O)c1ccccc1SC(F)(F)F. The van der Waals surface area contributed by atoms with Crippen LogP contribution < -0.4 is 5.32 Å². The van der Waals surface area contributed by atoms with Crippen LogP contribution >= 0.6 is 11.8 Å². The summed E-state index contributed by atoms with van der Waals surface area (Å²) in [5.74, 6) is -0.212. The molecule has 2 N–H and O–H groups in total. The number of thioether (sulfide) groups is 1. The number of alkyl halides is 3. The van der Waals surface area contributed by atoms with Gasteiger partial charge in [-0.15, -0.1) is 0 Å². The van der Waals surface area contributed by atoms with Crippen LogP contribution in [0, 0.1) is 0 Å². The fourth-order valence-electron chi connectivity index (χ4n) is 1.74. The molecule has 0 spiro atoms. The Morgan fingerprint density at radius 3 is 2.76 bits per heavy atom. The topological polar surface area (TPSA) is 57.8 Å². The fourth-order valence-corrected chi connectivity index (χ4v) is 2.40. The van der Waals surface area contributed by atoms with Gasteiger partial charge in [-0.1, -0.05) is 19.1 Å². The summed E-state index contributed by atoms with van der Waals surface area (Å²) in [4.78, 5) is 12.0. The zero-order chi connectivity index (χ0) is 15.5. The van der Waals surface area contributed by atoms with E-state index >= 15 is 0 Å². The second kappa shape index (κ2) is 6.21. The minimum atomic E-state index is -4.45. The number of H-pyrrole nitrogens is 1. The smallest absolute Gasteiger partial charge is 0.307 e. The average Bonchev–Trinajstić information content (AvgIpc) is 2.84. The van der Waals surface area contributed by atoms with E-state index in [2.05, 4.69) is 15.5 Å². The van der Waals surface area contributed by atoms with E-state index in [9.17, 15) is 18.0 Å². The third-order valence-electron chi connectivity index (χ3n) is 2.69. The number of aryl methyl sites for hydroxylation is 1. The van der Waals surface area contributed by atoms with Gasteiger partial charge in [0, 0.05) is 10.5 Å². The van der Waals surface area contributed by atoms with E-state index < -0.39 is 11.4 Å². The number of hydrogen-bond donors (Lipinski definition) is 2. The molecule has 0 saturated heterocycles. The van der Waals surface area contributed by atoms with Crippen LogP contribution in [0.4, 0.5) is 19.0 Å². The molecule has 0 fully saturated rings. The molecule has 1 heterocycles. The molecule has 2 aromatic rings. The predicted octanol–water partition coefficient (Wildman–Crippen LogP) is 3.84. The molecular weight excluding hydrogens is 303 g/mol. The van der Waals surface area contributed by atoms with E-state index in [1.165, 1.54) is 24.3 Å². The number of nitrogens with zero attached hydrogens (tertiary/aromatic N) is 1. The maximum absolute atomic E-state index is 12.5. The number of rotatable bonds is 4. The lowest BCUT2D eigenvalue weighted by Crippen LogP contribution is -2.15. The normalized spacial score (nSPS) is 11.4. The Kier molecular flexibility index (Phi) is 4.56. The van der Waals surface area contributed by atoms with E-state index in [1.807, 2.05) is 6.92 Å². The number of hydrogen-bond acceptors (Lipinski definition) is 3. The van der Waals surface area contributed by atoms with Crippen LogP contribution in [0.3, 0.4) is 0 Å². The Hall–Kier alpha value is -1.96. The lowest BCUT2D eigenvalue weighted by atomic mass is 10.2. The van der Waals surface area contributed by atoms with Crippen LogP contribution in [0.1, 0.15) is 22.8 Å². The van der Waals surface area contributed by atoms with Gasteiger partial charge in [0.1, 0.15) is 5.82 Å². The van der Waals surface area contributed by atoms with Crippen LogP contribution in [0.5, 0.6) is 0 Å². The summed E-state index contributed by atoms with van der Waals surface area (Å²) in [6.45, 7) is 1.88. The van der Waals surface area contributed by atoms with Crippen molar-refractivity contribution in [2.45, 2.75) is 23.7 Å². The Balaban J connectivity index is 2.23. The van der Waals surface area contributed by atoms with Crippen molar-refractivity contribution in [1.82, 2.24) is 10.2 Å². The van der Waals surface area contributed by atoms with Gasteiger partial charge >= 0.3 is 5.51 Å². The molecule has 1 aromatic heterocycles. The lowest BCUT2D eigenvalue weighted by molar-refractivity contribution is -0.0328. The Labute approximate surface area is 123 Å². The molecule has 21 heavy (non-hydrogen) atoms. The summed E-state index contributed by atoms with van der Waals surface area (Å²) in [5.41, 5.74) is -3.69. The first-order valence-corrected chi connectivity index (χ1v) is 6.90. The van der Waals surface area contributed by atoms with Crippen molar-refractivity contribution in [2.75, 3.05) is 5.32 Å². The predicted molar refractivity (Wildman–Crippen MR) is 74.3 cm³/mol. The highest BCUT2D eigenvalue weighted by atomic mass is 32.2. The van der Waals surface area contributed by atoms with Gasteiger partial charge in [0.25, 0.3) is 5.91 Å². The van der Waals surface area contributed by atoms with Crippen LogP contribution in [0.2, 0.25) is 0 Å². The second-order valence-electron chi connectivity index (χ2n) is 4.12. The molecule has 0 atom stereocenters. The number of amides is 1. The van der Waals surface area contributed by atoms with Crippen molar-refractivity contribution in [3.63, 3.8) is 0 Å². The van der Waals surface area contributed by atoms with Crippen LogP contribution in [-0.2, 0) is 6.42 Å². The van der Waals surface area contributed by atoms with E-state index in [1.54, 1.807) is 6.20 Å². The van der Waals surface area contributed by atoms with Gasteiger partial charge in [-0.3, -0.25) is 9.89 Å². The molecule has 0 radical (unpaired) electrons. The minimum absolute atomic E-state index is 0.0310. The van der Waals surface area contributed by atoms with Crippen LogP contribution in [-0.4, -0.2) is 21.6 Å². The number of aromatic nitrogens is 2. The zero-order valence-electron chi connectivity index (χ0n) is 11.0. The molecule has 2 rings (SSSR count). The van der Waals surface area contributed by atoms with Crippen LogP contribution in [0.15, 0.2) is 35.4 Å². The number of nitrogens with one attached hydrogen (secondary N) is 2. The molecule has 8 heteroatoms. The van der Waals surface area contributed by atoms with E-state index in [0.717, 1.165) is 5.56 Å². The molecule has 0 aliphatic rings. The monoisotopic (exact) mass is 315 g/mol. The quantitative estimate of drug-likeness (QED) is 0.843. The number of halogens is 3. The van der Waals surface area contributed by atoms with Gasteiger partial charge in [0.05, 0.1) is 11.8 Å². The van der Waals surface area contributed by atoms with Gasteiger partial charge < -0.3 is 5.32 Å². The molecule has 4 nitrogen and oxygen atoms in total.